The molecular formula is C9H12N2O. The molecule has 1 aliphatic heterocycles. The lowest BCUT2D eigenvalue weighted by atomic mass is 10.3. The Morgan fingerprint density at radius 1 is 1.25 bits per heavy atom. The summed E-state index contributed by atoms with van der Waals surface area (Å²) in [5, 5.41) is 13.4. The smallest absolute Gasteiger partial charge is 0.101 e. The number of para-hydroxylation sites is 1. The number of nitrogens with zero attached hydrogens (tertiary/aromatic N) is 1. The third-order valence-corrected chi connectivity index (χ3v) is 2.14. The highest BCUT2D eigenvalue weighted by atomic mass is 16.6. The maximum Gasteiger partial charge on any atom is 0.101 e. The first-order valence-corrected chi connectivity index (χ1v) is 4.23. The van der Waals surface area contributed by atoms with Crippen molar-refractivity contribution in [3.8, 4) is 0 Å². The Bertz CT molecular complexity index is 250. The second-order valence-corrected chi connectivity index (χ2v) is 2.98. The van der Waals surface area contributed by atoms with Gasteiger partial charge < -0.3 is 5.21 Å². The Kier molecular flexibility index (Phi) is 1.98. The number of benzene rings is 1. The summed E-state index contributed by atoms with van der Waals surface area (Å²) in [6, 6.07) is 9.83. The van der Waals surface area contributed by atoms with Crippen molar-refractivity contribution in [2.75, 3.05) is 18.1 Å². The van der Waals surface area contributed by atoms with Gasteiger partial charge in [0.15, 0.2) is 0 Å². The van der Waals surface area contributed by atoms with E-state index in [1.165, 1.54) is 0 Å². The van der Waals surface area contributed by atoms with E-state index in [1.807, 2.05) is 35.3 Å². The first-order valence-electron chi connectivity index (χ1n) is 4.23. The summed E-state index contributed by atoms with van der Waals surface area (Å²) in [4.78, 5) is 0. The molecule has 1 atom stereocenters. The molecule has 3 heteroatoms. The fraction of sp³-hybridized carbons (Fsp3) is 0.333. The van der Waals surface area contributed by atoms with Crippen LogP contribution in [0.5, 0.6) is 0 Å². The van der Waals surface area contributed by atoms with Gasteiger partial charge in [-0.3, -0.25) is 5.17 Å². The minimum absolute atomic E-state index is 0.251. The predicted molar refractivity (Wildman–Crippen MR) is 47.6 cm³/mol. The average Bonchev–Trinajstić information content (AvgIpc) is 2.53. The van der Waals surface area contributed by atoms with E-state index in [0.717, 1.165) is 18.7 Å². The van der Waals surface area contributed by atoms with Gasteiger partial charge in [0.05, 0.1) is 12.2 Å². The Hall–Kier alpha value is -1.06. The Morgan fingerprint density at radius 2 is 2.00 bits per heavy atom. The van der Waals surface area contributed by atoms with Crippen LogP contribution in [-0.4, -0.2) is 13.1 Å². The Morgan fingerprint density at radius 3 is 2.58 bits per heavy atom. The van der Waals surface area contributed by atoms with Crippen LogP contribution in [0.2, 0.25) is 0 Å². The van der Waals surface area contributed by atoms with Gasteiger partial charge in [0.1, 0.15) is 6.54 Å². The molecule has 64 valence electrons. The lowest BCUT2D eigenvalue weighted by molar-refractivity contribution is -0.844. The maximum atomic E-state index is 11.3. The number of nitrogens with one attached hydrogen (secondary N) is 1. The van der Waals surface area contributed by atoms with Crippen LogP contribution in [-0.2, 0) is 0 Å². The zero-order valence-corrected chi connectivity index (χ0v) is 6.86. The maximum absolute atomic E-state index is 11.3. The molecule has 0 spiro atoms. The lowest BCUT2D eigenvalue weighted by Crippen LogP contribution is -3.12. The van der Waals surface area contributed by atoms with E-state index in [9.17, 15) is 5.21 Å². The van der Waals surface area contributed by atoms with Gasteiger partial charge in [-0.05, 0) is 12.1 Å². The van der Waals surface area contributed by atoms with E-state index in [2.05, 4.69) is 0 Å². The number of hydroxylamine groups is 1. The highest BCUT2D eigenvalue weighted by Gasteiger charge is 2.18. The van der Waals surface area contributed by atoms with Gasteiger partial charge in [-0.2, -0.15) is 0 Å². The van der Waals surface area contributed by atoms with Crippen molar-refractivity contribution in [1.29, 1.82) is 0 Å². The molecule has 1 aliphatic rings. The molecule has 12 heavy (non-hydrogen) atoms. The normalized spacial score (nSPS) is 23.1. The number of anilines is 1. The van der Waals surface area contributed by atoms with Crippen LogP contribution in [0.1, 0.15) is 6.42 Å². The van der Waals surface area contributed by atoms with E-state index in [1.54, 1.807) is 0 Å². The summed E-state index contributed by atoms with van der Waals surface area (Å²) in [6.07, 6.45) is 0.994. The van der Waals surface area contributed by atoms with E-state index in [-0.39, 0.29) is 5.17 Å². The van der Waals surface area contributed by atoms with Crippen molar-refractivity contribution >= 4 is 5.69 Å². The highest BCUT2D eigenvalue weighted by Crippen LogP contribution is 2.10. The minimum atomic E-state index is 0.251. The molecule has 1 aromatic carbocycles. The second kappa shape index (κ2) is 3.13. The minimum Gasteiger partial charge on any atom is -0.608 e. The fourth-order valence-corrected chi connectivity index (χ4v) is 1.53. The van der Waals surface area contributed by atoms with Crippen LogP contribution in [0.3, 0.4) is 0 Å². The van der Waals surface area contributed by atoms with E-state index in [4.69, 9.17) is 0 Å². The van der Waals surface area contributed by atoms with Gasteiger partial charge in [0.2, 0.25) is 0 Å². The van der Waals surface area contributed by atoms with Crippen molar-refractivity contribution in [3.63, 3.8) is 0 Å². The highest BCUT2D eigenvalue weighted by molar-refractivity contribution is 5.43. The van der Waals surface area contributed by atoms with E-state index in [0.29, 0.717) is 6.54 Å². The van der Waals surface area contributed by atoms with Crippen LogP contribution < -0.4 is 10.2 Å². The number of hydrogen-bond donors (Lipinski definition) is 1. The topological polar surface area (TPSA) is 30.7 Å². The summed E-state index contributed by atoms with van der Waals surface area (Å²) < 4.78 is 0. The van der Waals surface area contributed by atoms with Crippen LogP contribution in [0.4, 0.5) is 5.69 Å². The summed E-state index contributed by atoms with van der Waals surface area (Å²) in [6.45, 7) is 1.58. The summed E-state index contributed by atoms with van der Waals surface area (Å²) in [7, 11) is 0. The third kappa shape index (κ3) is 1.29. The monoisotopic (exact) mass is 164 g/mol. The molecule has 0 amide bonds. The van der Waals surface area contributed by atoms with Crippen molar-refractivity contribution < 1.29 is 5.17 Å². The number of quaternary nitrogens is 1. The molecule has 1 fully saturated rings. The van der Waals surface area contributed by atoms with Crippen molar-refractivity contribution in [2.45, 2.75) is 6.42 Å². The SMILES string of the molecule is [O-][NH+]1CCCN1c1ccccc1. The lowest BCUT2D eigenvalue weighted by Gasteiger charge is -2.27. The van der Waals surface area contributed by atoms with Gasteiger partial charge in [0, 0.05) is 6.42 Å². The molecule has 0 radical (unpaired) electrons. The Labute approximate surface area is 71.8 Å². The molecule has 0 aromatic heterocycles. The number of hydrogen-bond acceptors (Lipinski definition) is 2. The predicted octanol–water partition coefficient (Wildman–Crippen LogP) is 0.194. The summed E-state index contributed by atoms with van der Waals surface area (Å²) in [5.41, 5.74) is 1.03. The van der Waals surface area contributed by atoms with Gasteiger partial charge in [0.25, 0.3) is 0 Å². The van der Waals surface area contributed by atoms with Crippen molar-refractivity contribution in [3.05, 3.63) is 35.5 Å². The molecule has 1 unspecified atom stereocenters. The van der Waals surface area contributed by atoms with Gasteiger partial charge in [-0.15, -0.1) is 0 Å². The first kappa shape index (κ1) is 7.58. The van der Waals surface area contributed by atoms with Crippen LogP contribution in [0.25, 0.3) is 0 Å². The zero-order chi connectivity index (χ0) is 8.39. The van der Waals surface area contributed by atoms with Crippen LogP contribution >= 0.6 is 0 Å². The molecule has 1 aromatic rings. The van der Waals surface area contributed by atoms with Crippen molar-refractivity contribution in [1.82, 2.24) is 0 Å². The molecule has 2 rings (SSSR count). The molecule has 0 saturated carbocycles. The molecule has 1 heterocycles. The quantitative estimate of drug-likeness (QED) is 0.601. The van der Waals surface area contributed by atoms with Gasteiger partial charge in [-0.25, -0.2) is 5.01 Å². The van der Waals surface area contributed by atoms with Gasteiger partial charge >= 0.3 is 0 Å². The third-order valence-electron chi connectivity index (χ3n) is 2.14. The molecule has 0 bridgehead atoms. The summed E-state index contributed by atoms with van der Waals surface area (Å²) in [5.74, 6) is 0. The molecule has 0 aliphatic carbocycles. The molecule has 3 nitrogen and oxygen atoms in total. The first-order chi connectivity index (χ1) is 5.88. The van der Waals surface area contributed by atoms with E-state index < -0.39 is 0 Å². The summed E-state index contributed by atoms with van der Waals surface area (Å²) >= 11 is 0. The second-order valence-electron chi connectivity index (χ2n) is 2.98. The largest absolute Gasteiger partial charge is 0.608 e. The van der Waals surface area contributed by atoms with Crippen molar-refractivity contribution in [2.24, 2.45) is 0 Å². The molecule has 1 N–H and O–H groups in total. The standard InChI is InChI=1S/C9H12N2O/c12-11-8-4-7-10(11)9-5-2-1-3-6-9/h1-3,5-6,11H,4,7-8H2. The van der Waals surface area contributed by atoms with Crippen LogP contribution in [0, 0.1) is 5.21 Å². The molecule has 1 saturated heterocycles. The average molecular weight is 164 g/mol. The van der Waals surface area contributed by atoms with Gasteiger partial charge in [-0.1, -0.05) is 18.2 Å². The zero-order valence-electron chi connectivity index (χ0n) is 6.86. The fourth-order valence-electron chi connectivity index (χ4n) is 1.53. The molecular weight excluding hydrogens is 152 g/mol. The Balaban J connectivity index is 2.19. The number of rotatable bonds is 1. The van der Waals surface area contributed by atoms with Crippen LogP contribution in [0.15, 0.2) is 30.3 Å². The van der Waals surface area contributed by atoms with E-state index >= 15 is 0 Å².